The van der Waals surface area contributed by atoms with Gasteiger partial charge in [-0.2, -0.15) is 0 Å². The van der Waals surface area contributed by atoms with Gasteiger partial charge < -0.3 is 10.2 Å². The van der Waals surface area contributed by atoms with Crippen LogP contribution in [0, 0.1) is 0 Å². The van der Waals surface area contributed by atoms with Crippen molar-refractivity contribution in [2.75, 3.05) is 0 Å². The van der Waals surface area contributed by atoms with Crippen molar-refractivity contribution in [3.05, 3.63) is 49.6 Å². The van der Waals surface area contributed by atoms with Gasteiger partial charge in [0.25, 0.3) is 0 Å². The van der Waals surface area contributed by atoms with Crippen LogP contribution in [-0.4, -0.2) is 22.2 Å². The van der Waals surface area contributed by atoms with Crippen molar-refractivity contribution in [2.45, 2.75) is 27.7 Å². The highest BCUT2D eigenvalue weighted by Gasteiger charge is 1.90. The summed E-state index contributed by atoms with van der Waals surface area (Å²) in [5.74, 6) is -1.92. The topological polar surface area (TPSA) is 74.6 Å². The molecule has 0 fully saturated rings. The Morgan fingerprint density at radius 3 is 1.11 bits per heavy atom. The third-order valence-electron chi connectivity index (χ3n) is 0.540. The van der Waals surface area contributed by atoms with Gasteiger partial charge in [0.05, 0.1) is 0 Å². The fourth-order valence-corrected chi connectivity index (χ4v) is 0. The van der Waals surface area contributed by atoms with E-state index in [-0.39, 0.29) is 5.57 Å². The molecule has 0 atom stereocenters. The number of aliphatic carboxylic acids is 2. The smallest absolute Gasteiger partial charge is 0.330 e. The zero-order valence-corrected chi connectivity index (χ0v) is 11.7. The first-order chi connectivity index (χ1) is 8.06. The molecule has 0 aromatic rings. The molecule has 18 heavy (non-hydrogen) atoms. The van der Waals surface area contributed by atoms with Gasteiger partial charge in [0.15, 0.2) is 0 Å². The summed E-state index contributed by atoms with van der Waals surface area (Å²) in [6.45, 7) is 20.3. The van der Waals surface area contributed by atoms with Crippen molar-refractivity contribution >= 4 is 11.9 Å². The Labute approximate surface area is 110 Å². The second kappa shape index (κ2) is 20.3. The van der Waals surface area contributed by atoms with Gasteiger partial charge in [-0.1, -0.05) is 24.8 Å². The first-order valence-corrected chi connectivity index (χ1v) is 5.00. The number of rotatable bonds is 2. The van der Waals surface area contributed by atoms with Crippen LogP contribution in [-0.2, 0) is 9.59 Å². The molecular formula is C14H24O4. The molecule has 0 radical (unpaired) electrons. The molecule has 0 amide bonds. The van der Waals surface area contributed by atoms with Crippen molar-refractivity contribution in [1.29, 1.82) is 0 Å². The molecule has 0 aliphatic carbocycles. The third kappa shape index (κ3) is 152. The average molecular weight is 256 g/mol. The van der Waals surface area contributed by atoms with Crippen molar-refractivity contribution in [3.63, 3.8) is 0 Å². The molecule has 0 unspecified atom stereocenters. The molecule has 0 aliphatic heterocycles. The summed E-state index contributed by atoms with van der Waals surface area (Å²) in [5.41, 5.74) is 1.34. The van der Waals surface area contributed by atoms with Gasteiger partial charge in [-0.05, 0) is 27.7 Å². The minimum atomic E-state index is -0.981. The van der Waals surface area contributed by atoms with Crippen molar-refractivity contribution in [3.8, 4) is 0 Å². The quantitative estimate of drug-likeness (QED) is 0.583. The zero-order chi connectivity index (χ0) is 15.7. The maximum atomic E-state index is 9.60. The molecule has 4 nitrogen and oxygen atoms in total. The van der Waals surface area contributed by atoms with Crippen LogP contribution in [0.2, 0.25) is 0 Å². The summed E-state index contributed by atoms with van der Waals surface area (Å²) in [4.78, 5) is 18.8. The van der Waals surface area contributed by atoms with Crippen LogP contribution >= 0.6 is 0 Å². The fourth-order valence-electron chi connectivity index (χ4n) is 0. The highest BCUT2D eigenvalue weighted by Crippen LogP contribution is 1.81. The monoisotopic (exact) mass is 256 g/mol. The first kappa shape index (κ1) is 24.9. The Bertz CT molecular complexity index is 272. The van der Waals surface area contributed by atoms with Crippen molar-refractivity contribution in [1.82, 2.24) is 0 Å². The van der Waals surface area contributed by atoms with Crippen LogP contribution in [0.5, 0.6) is 0 Å². The predicted octanol–water partition coefficient (Wildman–Crippen LogP) is 3.68. The molecule has 0 saturated heterocycles. The summed E-state index contributed by atoms with van der Waals surface area (Å²) in [5, 5.41) is 15.5. The standard InChI is InChI=1S/C4H6O2.C4H8.C3H4O2.C3H6/c1-3(2)4(5)6;1-4(2)3;1-2-3(4)5;1-3-2/h1H2,2H3,(H,5,6);1H2,2-3H3;2H,1H2,(H,4,5);3H,1H2,2H3. The molecule has 0 aromatic carbocycles. The minimum absolute atomic E-state index is 0.176. The molecule has 4 heteroatoms. The number of carboxylic acids is 2. The van der Waals surface area contributed by atoms with Gasteiger partial charge in [0.1, 0.15) is 0 Å². The lowest BCUT2D eigenvalue weighted by Gasteiger charge is -1.79. The van der Waals surface area contributed by atoms with E-state index in [2.05, 4.69) is 26.3 Å². The van der Waals surface area contributed by atoms with Crippen LogP contribution in [0.15, 0.2) is 49.6 Å². The Morgan fingerprint density at radius 1 is 1.00 bits per heavy atom. The summed E-state index contributed by atoms with van der Waals surface area (Å²) < 4.78 is 0. The molecule has 0 spiro atoms. The summed E-state index contributed by atoms with van der Waals surface area (Å²) >= 11 is 0. The first-order valence-electron chi connectivity index (χ1n) is 5.00. The Balaban J connectivity index is -0.0000000750. The third-order valence-corrected chi connectivity index (χ3v) is 0.540. The number of hydrogen-bond acceptors (Lipinski definition) is 2. The maximum Gasteiger partial charge on any atom is 0.330 e. The van der Waals surface area contributed by atoms with E-state index >= 15 is 0 Å². The van der Waals surface area contributed by atoms with Crippen LogP contribution in [0.3, 0.4) is 0 Å². The summed E-state index contributed by atoms with van der Waals surface area (Å²) in [7, 11) is 0. The second-order valence-corrected chi connectivity index (χ2v) is 3.24. The second-order valence-electron chi connectivity index (χ2n) is 3.24. The highest BCUT2D eigenvalue weighted by atomic mass is 16.4. The summed E-state index contributed by atoms with van der Waals surface area (Å²) in [6, 6.07) is 0. The van der Waals surface area contributed by atoms with E-state index < -0.39 is 11.9 Å². The van der Waals surface area contributed by atoms with Crippen LogP contribution < -0.4 is 0 Å². The lowest BCUT2D eigenvalue weighted by Crippen LogP contribution is -1.92. The molecule has 0 bridgehead atoms. The zero-order valence-electron chi connectivity index (χ0n) is 11.7. The SMILES string of the molecule is C=C(C)C.C=C(C)C(=O)O.C=CC.C=CC(=O)O. The predicted molar refractivity (Wildman–Crippen MR) is 76.6 cm³/mol. The van der Waals surface area contributed by atoms with E-state index in [1.165, 1.54) is 12.5 Å². The summed E-state index contributed by atoms with van der Waals surface area (Å²) in [6.07, 6.45) is 2.58. The van der Waals surface area contributed by atoms with Gasteiger partial charge in [-0.15, -0.1) is 13.2 Å². The largest absolute Gasteiger partial charge is 0.478 e. The molecule has 0 aromatic heterocycles. The molecule has 2 N–H and O–H groups in total. The van der Waals surface area contributed by atoms with E-state index in [0.29, 0.717) is 0 Å². The lowest BCUT2D eigenvalue weighted by atomic mass is 10.4. The number of hydrogen-bond donors (Lipinski definition) is 2. The molecule has 0 rings (SSSR count). The van der Waals surface area contributed by atoms with Crippen LogP contribution in [0.25, 0.3) is 0 Å². The van der Waals surface area contributed by atoms with Crippen LogP contribution in [0.1, 0.15) is 27.7 Å². The van der Waals surface area contributed by atoms with Gasteiger partial charge >= 0.3 is 11.9 Å². The molecule has 0 saturated carbocycles. The Kier molecular flexibility index (Phi) is 28.2. The van der Waals surface area contributed by atoms with Gasteiger partial charge in [-0.3, -0.25) is 0 Å². The van der Waals surface area contributed by atoms with Gasteiger partial charge in [-0.25, -0.2) is 9.59 Å². The van der Waals surface area contributed by atoms with E-state index in [0.717, 1.165) is 6.08 Å². The molecule has 0 heterocycles. The molecule has 0 aliphatic rings. The maximum absolute atomic E-state index is 9.60. The van der Waals surface area contributed by atoms with Crippen molar-refractivity contribution < 1.29 is 19.8 Å². The van der Waals surface area contributed by atoms with Gasteiger partial charge in [0, 0.05) is 11.6 Å². The minimum Gasteiger partial charge on any atom is -0.478 e. The lowest BCUT2D eigenvalue weighted by molar-refractivity contribution is -0.133. The highest BCUT2D eigenvalue weighted by molar-refractivity contribution is 5.84. The Morgan fingerprint density at radius 2 is 1.11 bits per heavy atom. The number of carboxylic acid groups (broad SMARTS) is 2. The molecule has 104 valence electrons. The number of allylic oxidation sites excluding steroid dienone is 2. The van der Waals surface area contributed by atoms with E-state index in [1.54, 1.807) is 6.08 Å². The fraction of sp³-hybridized carbons (Fsp3) is 0.286. The van der Waals surface area contributed by atoms with Gasteiger partial charge in [0.2, 0.25) is 0 Å². The Hall–Kier alpha value is -2.10. The number of carbonyl (C=O) groups is 2. The van der Waals surface area contributed by atoms with E-state index in [9.17, 15) is 9.59 Å². The van der Waals surface area contributed by atoms with Crippen molar-refractivity contribution in [2.24, 2.45) is 0 Å². The van der Waals surface area contributed by atoms with E-state index in [1.807, 2.05) is 20.8 Å². The van der Waals surface area contributed by atoms with E-state index in [4.69, 9.17) is 10.2 Å². The van der Waals surface area contributed by atoms with Crippen LogP contribution in [0.4, 0.5) is 0 Å². The molecular weight excluding hydrogens is 232 g/mol. The normalized spacial score (nSPS) is 6.44. The average Bonchev–Trinajstić information content (AvgIpc) is 2.18.